The van der Waals surface area contributed by atoms with Gasteiger partial charge in [-0.15, -0.1) is 11.3 Å². The number of carbonyl (C=O) groups excluding carboxylic acids is 5. The van der Waals surface area contributed by atoms with E-state index in [1.165, 1.54) is 16.2 Å². The lowest BCUT2D eigenvalue weighted by Crippen LogP contribution is -2.52. The standard InChI is InChI=1S/C43H58N8O8S/c52-37(48-34-11-8-10-32-33(34)30-51(40(32)55)35-14-15-38(53)50-39(35)54)13-3-1-6-18-44-19-22-57-24-26-59-27-25-58-23-20-45-41(56)43(16-4-2-5-17-43)29-31-9-7-12-36(47-31)49-42-46-21-28-60-42/h7-12,21,28,35,44H,1-6,13-20,22-27,29-30H2,(H,45,56)(H,48,52)(H,46,47,49)(H,50,53,54). The molecule has 1 aliphatic carbocycles. The number of benzene rings is 1. The van der Waals surface area contributed by atoms with Crippen LogP contribution in [0.1, 0.15) is 92.2 Å². The molecule has 324 valence electrons. The minimum atomic E-state index is -0.699. The van der Waals surface area contributed by atoms with Crippen molar-refractivity contribution in [2.45, 2.75) is 89.6 Å². The first-order chi connectivity index (χ1) is 29.3. The molecular formula is C43H58N8O8S. The average Bonchev–Trinajstić information content (AvgIpc) is 3.88. The first kappa shape index (κ1) is 44.7. The fourth-order valence-corrected chi connectivity index (χ4v) is 8.50. The average molecular weight is 847 g/mol. The van der Waals surface area contributed by atoms with Crippen molar-refractivity contribution in [2.24, 2.45) is 5.41 Å². The third-order valence-electron chi connectivity index (χ3n) is 11.1. The molecule has 1 atom stereocenters. The van der Waals surface area contributed by atoms with Gasteiger partial charge in [0, 0.05) is 73.0 Å². The van der Waals surface area contributed by atoms with Crippen molar-refractivity contribution in [3.8, 4) is 0 Å². The molecule has 1 saturated carbocycles. The number of nitrogens with zero attached hydrogens (tertiary/aromatic N) is 3. The second-order valence-electron chi connectivity index (χ2n) is 15.4. The highest BCUT2D eigenvalue weighted by Gasteiger charge is 2.41. The van der Waals surface area contributed by atoms with E-state index in [-0.39, 0.29) is 43.0 Å². The second kappa shape index (κ2) is 23.3. The summed E-state index contributed by atoms with van der Waals surface area (Å²) in [7, 11) is 0. The summed E-state index contributed by atoms with van der Waals surface area (Å²) in [6.45, 7) is 5.03. The van der Waals surface area contributed by atoms with Crippen LogP contribution in [-0.2, 0) is 46.4 Å². The predicted octanol–water partition coefficient (Wildman–Crippen LogP) is 4.49. The van der Waals surface area contributed by atoms with Crippen LogP contribution in [0, 0.1) is 5.41 Å². The van der Waals surface area contributed by atoms with E-state index in [4.69, 9.17) is 19.2 Å². The summed E-state index contributed by atoms with van der Waals surface area (Å²) < 4.78 is 17.0. The highest BCUT2D eigenvalue weighted by molar-refractivity contribution is 7.13. The smallest absolute Gasteiger partial charge is 0.255 e. The zero-order chi connectivity index (χ0) is 42.0. The van der Waals surface area contributed by atoms with E-state index in [2.05, 4.69) is 31.6 Å². The van der Waals surface area contributed by atoms with Gasteiger partial charge in [-0.1, -0.05) is 37.8 Å². The van der Waals surface area contributed by atoms with Crippen LogP contribution in [0.4, 0.5) is 16.6 Å². The van der Waals surface area contributed by atoms with Crippen molar-refractivity contribution < 1.29 is 38.2 Å². The van der Waals surface area contributed by atoms with Gasteiger partial charge in [0.25, 0.3) is 5.91 Å². The van der Waals surface area contributed by atoms with Crippen LogP contribution in [-0.4, -0.2) is 110 Å². The van der Waals surface area contributed by atoms with Crippen LogP contribution >= 0.6 is 11.3 Å². The topological polar surface area (TPSA) is 202 Å². The highest BCUT2D eigenvalue weighted by atomic mass is 32.1. The molecule has 2 aliphatic heterocycles. The summed E-state index contributed by atoms with van der Waals surface area (Å²) in [5, 5.41) is 17.7. The lowest BCUT2D eigenvalue weighted by Gasteiger charge is -2.35. The molecule has 1 unspecified atom stereocenters. The Bertz CT molecular complexity index is 1890. The Morgan fingerprint density at radius 3 is 2.42 bits per heavy atom. The van der Waals surface area contributed by atoms with Crippen LogP contribution in [0.5, 0.6) is 0 Å². The molecule has 0 spiro atoms. The van der Waals surface area contributed by atoms with Gasteiger partial charge in [0.05, 0.1) is 45.1 Å². The predicted molar refractivity (Wildman–Crippen MR) is 227 cm³/mol. The number of aromatic nitrogens is 2. The van der Waals surface area contributed by atoms with Gasteiger partial charge in [-0.05, 0) is 62.9 Å². The zero-order valence-electron chi connectivity index (χ0n) is 34.3. The molecule has 5 amide bonds. The summed E-state index contributed by atoms with van der Waals surface area (Å²) in [6.07, 6.45) is 10.7. The molecule has 1 aromatic carbocycles. The van der Waals surface area contributed by atoms with Crippen LogP contribution in [0.3, 0.4) is 0 Å². The van der Waals surface area contributed by atoms with E-state index in [0.29, 0.717) is 75.8 Å². The van der Waals surface area contributed by atoms with Crippen molar-refractivity contribution in [2.75, 3.05) is 69.9 Å². The number of unbranched alkanes of at least 4 members (excludes halogenated alkanes) is 2. The summed E-state index contributed by atoms with van der Waals surface area (Å²) in [5.74, 6) is -0.371. The number of hydrogen-bond acceptors (Lipinski definition) is 13. The number of imide groups is 1. The molecular weight excluding hydrogens is 789 g/mol. The van der Waals surface area contributed by atoms with E-state index in [1.54, 1.807) is 24.4 Å². The molecule has 60 heavy (non-hydrogen) atoms. The van der Waals surface area contributed by atoms with Gasteiger partial charge < -0.3 is 40.4 Å². The van der Waals surface area contributed by atoms with E-state index in [1.807, 2.05) is 23.6 Å². The van der Waals surface area contributed by atoms with Crippen LogP contribution < -0.4 is 26.6 Å². The Balaban J connectivity index is 0.736. The number of fused-ring (bicyclic) bond motifs is 1. The molecule has 6 rings (SSSR count). The van der Waals surface area contributed by atoms with Crippen molar-refractivity contribution in [1.29, 1.82) is 0 Å². The lowest BCUT2D eigenvalue weighted by atomic mass is 9.70. The first-order valence-electron chi connectivity index (χ1n) is 21.2. The van der Waals surface area contributed by atoms with Gasteiger partial charge in [-0.25, -0.2) is 9.97 Å². The van der Waals surface area contributed by atoms with Gasteiger partial charge in [0.1, 0.15) is 11.9 Å². The molecule has 5 N–H and O–H groups in total. The summed E-state index contributed by atoms with van der Waals surface area (Å²) in [4.78, 5) is 73.7. The van der Waals surface area contributed by atoms with Crippen molar-refractivity contribution in [1.82, 2.24) is 30.8 Å². The number of rotatable bonds is 25. The van der Waals surface area contributed by atoms with E-state index >= 15 is 0 Å². The van der Waals surface area contributed by atoms with E-state index in [9.17, 15) is 24.0 Å². The van der Waals surface area contributed by atoms with Gasteiger partial charge in [0.2, 0.25) is 23.6 Å². The molecule has 16 nitrogen and oxygen atoms in total. The fraction of sp³-hybridized carbons (Fsp3) is 0.558. The first-order valence-corrected chi connectivity index (χ1v) is 22.1. The minimum Gasteiger partial charge on any atom is -0.378 e. The molecule has 3 aliphatic rings. The SMILES string of the molecule is O=C1CCC(N2Cc3c(NC(=O)CCCCCNCCOCCOCCOCCNC(=O)C4(Cc5cccc(Nc6nccs6)n5)CCCCC4)cccc3C2=O)C(=O)N1. The van der Waals surface area contributed by atoms with Crippen molar-refractivity contribution >= 4 is 57.5 Å². The van der Waals surface area contributed by atoms with Crippen LogP contribution in [0.25, 0.3) is 0 Å². The maximum absolute atomic E-state index is 13.5. The van der Waals surface area contributed by atoms with Crippen LogP contribution in [0.2, 0.25) is 0 Å². The number of carbonyl (C=O) groups is 5. The number of piperidine rings is 1. The van der Waals surface area contributed by atoms with Crippen LogP contribution in [0.15, 0.2) is 48.0 Å². The van der Waals surface area contributed by atoms with Gasteiger partial charge >= 0.3 is 0 Å². The Kier molecular flexibility index (Phi) is 17.3. The molecule has 4 heterocycles. The molecule has 17 heteroatoms. The summed E-state index contributed by atoms with van der Waals surface area (Å²) in [6, 6.07) is 10.4. The number of hydrogen-bond donors (Lipinski definition) is 5. The molecule has 2 aromatic heterocycles. The van der Waals surface area contributed by atoms with Gasteiger partial charge in [0.15, 0.2) is 5.13 Å². The third kappa shape index (κ3) is 13.1. The third-order valence-corrected chi connectivity index (χ3v) is 11.8. The molecule has 1 saturated heterocycles. The zero-order valence-corrected chi connectivity index (χ0v) is 35.1. The number of pyridine rings is 1. The van der Waals surface area contributed by atoms with Crippen molar-refractivity contribution in [3.63, 3.8) is 0 Å². The number of nitrogens with one attached hydrogen (secondary N) is 5. The summed E-state index contributed by atoms with van der Waals surface area (Å²) in [5.41, 5.74) is 2.18. The largest absolute Gasteiger partial charge is 0.378 e. The monoisotopic (exact) mass is 846 g/mol. The fourth-order valence-electron chi connectivity index (χ4n) is 7.96. The van der Waals surface area contributed by atoms with E-state index in [0.717, 1.165) is 81.1 Å². The molecule has 0 radical (unpaired) electrons. The maximum atomic E-state index is 13.5. The Labute approximate surface area is 355 Å². The molecule has 2 fully saturated rings. The number of ether oxygens (including phenoxy) is 3. The summed E-state index contributed by atoms with van der Waals surface area (Å²) >= 11 is 1.52. The normalized spacial score (nSPS) is 17.3. The minimum absolute atomic E-state index is 0.0750. The van der Waals surface area contributed by atoms with Gasteiger partial charge in [-0.3, -0.25) is 29.3 Å². The van der Waals surface area contributed by atoms with Gasteiger partial charge in [-0.2, -0.15) is 0 Å². The van der Waals surface area contributed by atoms with E-state index < -0.39 is 17.4 Å². The number of anilines is 3. The number of thiazole rings is 1. The quantitative estimate of drug-likeness (QED) is 0.0592. The maximum Gasteiger partial charge on any atom is 0.255 e. The molecule has 0 bridgehead atoms. The number of amides is 5. The Morgan fingerprint density at radius 2 is 1.65 bits per heavy atom. The Morgan fingerprint density at radius 1 is 0.883 bits per heavy atom. The molecule has 3 aromatic rings. The lowest BCUT2D eigenvalue weighted by molar-refractivity contribution is -0.137. The Hall–Kier alpha value is -4.81. The highest BCUT2D eigenvalue weighted by Crippen LogP contribution is 2.39. The van der Waals surface area contributed by atoms with Crippen molar-refractivity contribution in [3.05, 3.63) is 64.8 Å². The second-order valence-corrected chi connectivity index (χ2v) is 16.3.